The van der Waals surface area contributed by atoms with E-state index in [1.807, 2.05) is 18.2 Å². The van der Waals surface area contributed by atoms with E-state index in [0.29, 0.717) is 18.0 Å². The third-order valence-electron chi connectivity index (χ3n) is 3.36. The highest BCUT2D eigenvalue weighted by Gasteiger charge is 2.32. The summed E-state index contributed by atoms with van der Waals surface area (Å²) in [6.07, 6.45) is 1.11. The molecule has 0 aliphatic carbocycles. The van der Waals surface area contributed by atoms with Crippen molar-refractivity contribution in [3.8, 4) is 5.75 Å². The van der Waals surface area contributed by atoms with E-state index >= 15 is 0 Å². The lowest BCUT2D eigenvalue weighted by Gasteiger charge is -2.19. The molecule has 0 bridgehead atoms. The van der Waals surface area contributed by atoms with Crippen LogP contribution in [0.4, 0.5) is 0 Å². The van der Waals surface area contributed by atoms with Gasteiger partial charge in [0, 0.05) is 28.6 Å². The van der Waals surface area contributed by atoms with Gasteiger partial charge in [0.2, 0.25) is 0 Å². The largest absolute Gasteiger partial charge is 0.496 e. The van der Waals surface area contributed by atoms with Gasteiger partial charge >= 0.3 is 0 Å². The molecule has 0 aromatic heterocycles. The lowest BCUT2D eigenvalue weighted by molar-refractivity contribution is 0.403. The fraction of sp³-hybridized carbons (Fsp3) is 0.538. The van der Waals surface area contributed by atoms with Crippen molar-refractivity contribution in [2.75, 3.05) is 7.11 Å². The molecule has 0 radical (unpaired) electrons. The van der Waals surface area contributed by atoms with Gasteiger partial charge in [-0.1, -0.05) is 17.7 Å². The molecular weight excluding hydrogens is 222 g/mol. The molecule has 3 atom stereocenters. The summed E-state index contributed by atoms with van der Waals surface area (Å²) in [5.74, 6) is 1.35. The summed E-state index contributed by atoms with van der Waals surface area (Å²) in [4.78, 5) is 0. The Kier molecular flexibility index (Phi) is 3.41. The number of ether oxygens (including phenoxy) is 1. The second kappa shape index (κ2) is 4.64. The maximum absolute atomic E-state index is 6.29. The Balaban J connectivity index is 2.39. The second-order valence-electron chi connectivity index (χ2n) is 4.55. The van der Waals surface area contributed by atoms with Crippen molar-refractivity contribution in [2.24, 2.45) is 0 Å². The van der Waals surface area contributed by atoms with E-state index in [2.05, 4.69) is 19.2 Å². The second-order valence-corrected chi connectivity index (χ2v) is 4.96. The summed E-state index contributed by atoms with van der Waals surface area (Å²) in [5, 5.41) is 4.34. The van der Waals surface area contributed by atoms with Crippen molar-refractivity contribution >= 4 is 11.6 Å². The van der Waals surface area contributed by atoms with Crippen LogP contribution in [0, 0.1) is 0 Å². The summed E-state index contributed by atoms with van der Waals surface area (Å²) >= 11 is 6.29. The third-order valence-corrected chi connectivity index (χ3v) is 3.69. The normalized spacial score (nSPS) is 29.4. The molecule has 2 rings (SSSR count). The van der Waals surface area contributed by atoms with Crippen molar-refractivity contribution in [3.05, 3.63) is 28.8 Å². The van der Waals surface area contributed by atoms with Crippen molar-refractivity contribution < 1.29 is 4.74 Å². The molecule has 1 aromatic rings. The fourth-order valence-corrected chi connectivity index (χ4v) is 2.95. The number of halogens is 1. The van der Waals surface area contributed by atoms with Gasteiger partial charge in [-0.15, -0.1) is 0 Å². The number of rotatable bonds is 2. The molecule has 2 nitrogen and oxygen atoms in total. The van der Waals surface area contributed by atoms with Gasteiger partial charge in [0.05, 0.1) is 7.11 Å². The van der Waals surface area contributed by atoms with Crippen LogP contribution in [0.2, 0.25) is 5.02 Å². The van der Waals surface area contributed by atoms with Gasteiger partial charge in [0.25, 0.3) is 0 Å². The molecule has 0 spiro atoms. The van der Waals surface area contributed by atoms with E-state index in [1.165, 1.54) is 0 Å². The minimum Gasteiger partial charge on any atom is -0.496 e. The lowest BCUT2D eigenvalue weighted by atomic mass is 9.91. The minimum atomic E-state index is 0.443. The van der Waals surface area contributed by atoms with Crippen LogP contribution < -0.4 is 10.1 Å². The molecule has 1 heterocycles. The molecule has 1 aliphatic rings. The zero-order chi connectivity index (χ0) is 11.7. The van der Waals surface area contributed by atoms with Crippen LogP contribution in [0.3, 0.4) is 0 Å². The highest BCUT2D eigenvalue weighted by molar-refractivity contribution is 6.31. The van der Waals surface area contributed by atoms with Gasteiger partial charge in [-0.05, 0) is 32.4 Å². The minimum absolute atomic E-state index is 0.443. The zero-order valence-corrected chi connectivity index (χ0v) is 10.7. The molecule has 3 heteroatoms. The first-order valence-corrected chi connectivity index (χ1v) is 6.09. The van der Waals surface area contributed by atoms with E-state index in [4.69, 9.17) is 16.3 Å². The molecular formula is C13H18ClNO. The smallest absolute Gasteiger partial charge is 0.123 e. The number of methoxy groups -OCH3 is 1. The van der Waals surface area contributed by atoms with Crippen LogP contribution in [0.15, 0.2) is 18.2 Å². The van der Waals surface area contributed by atoms with Crippen LogP contribution in [0.1, 0.15) is 31.7 Å². The van der Waals surface area contributed by atoms with Crippen molar-refractivity contribution in [3.63, 3.8) is 0 Å². The Morgan fingerprint density at radius 2 is 2.12 bits per heavy atom. The molecule has 1 N–H and O–H groups in total. The molecule has 88 valence electrons. The molecule has 3 unspecified atom stereocenters. The SMILES string of the molecule is COc1cccc(Cl)c1C1CC(C)NC1C. The molecule has 0 amide bonds. The van der Waals surface area contributed by atoms with E-state index in [9.17, 15) is 0 Å². The maximum atomic E-state index is 6.29. The summed E-state index contributed by atoms with van der Waals surface area (Å²) < 4.78 is 5.41. The summed E-state index contributed by atoms with van der Waals surface area (Å²) in [5.41, 5.74) is 1.15. The summed E-state index contributed by atoms with van der Waals surface area (Å²) in [6, 6.07) is 6.84. The first-order chi connectivity index (χ1) is 7.63. The van der Waals surface area contributed by atoms with Crippen LogP contribution >= 0.6 is 11.6 Å². The van der Waals surface area contributed by atoms with Gasteiger partial charge in [0.15, 0.2) is 0 Å². The average molecular weight is 240 g/mol. The fourth-order valence-electron chi connectivity index (χ4n) is 2.64. The number of benzene rings is 1. The Morgan fingerprint density at radius 3 is 2.69 bits per heavy atom. The predicted molar refractivity (Wildman–Crippen MR) is 67.4 cm³/mol. The van der Waals surface area contributed by atoms with Gasteiger partial charge in [0.1, 0.15) is 5.75 Å². The maximum Gasteiger partial charge on any atom is 0.123 e. The summed E-state index contributed by atoms with van der Waals surface area (Å²) in [7, 11) is 1.70. The van der Waals surface area contributed by atoms with E-state index < -0.39 is 0 Å². The molecule has 1 aromatic carbocycles. The number of nitrogens with one attached hydrogen (secondary N) is 1. The van der Waals surface area contributed by atoms with Gasteiger partial charge < -0.3 is 10.1 Å². The van der Waals surface area contributed by atoms with Crippen LogP contribution in [0.25, 0.3) is 0 Å². The van der Waals surface area contributed by atoms with Gasteiger partial charge in [-0.2, -0.15) is 0 Å². The third kappa shape index (κ3) is 2.04. The van der Waals surface area contributed by atoms with E-state index in [1.54, 1.807) is 7.11 Å². The molecule has 16 heavy (non-hydrogen) atoms. The highest BCUT2D eigenvalue weighted by atomic mass is 35.5. The zero-order valence-electron chi connectivity index (χ0n) is 9.96. The predicted octanol–water partition coefficient (Wildman–Crippen LogP) is 3.20. The number of hydrogen-bond donors (Lipinski definition) is 1. The van der Waals surface area contributed by atoms with Crippen LogP contribution in [-0.4, -0.2) is 19.2 Å². The van der Waals surface area contributed by atoms with Gasteiger partial charge in [-0.25, -0.2) is 0 Å². The molecule has 0 saturated carbocycles. The van der Waals surface area contributed by atoms with Crippen LogP contribution in [0.5, 0.6) is 5.75 Å². The van der Waals surface area contributed by atoms with Crippen molar-refractivity contribution in [1.29, 1.82) is 0 Å². The van der Waals surface area contributed by atoms with Crippen molar-refractivity contribution in [1.82, 2.24) is 5.32 Å². The first-order valence-electron chi connectivity index (χ1n) is 5.72. The molecule has 1 saturated heterocycles. The Hall–Kier alpha value is -0.730. The first kappa shape index (κ1) is 11.7. The molecule has 1 fully saturated rings. The lowest BCUT2D eigenvalue weighted by Crippen LogP contribution is -2.26. The van der Waals surface area contributed by atoms with Gasteiger partial charge in [-0.3, -0.25) is 0 Å². The monoisotopic (exact) mass is 239 g/mol. The van der Waals surface area contributed by atoms with Crippen LogP contribution in [-0.2, 0) is 0 Å². The highest BCUT2D eigenvalue weighted by Crippen LogP contribution is 2.40. The van der Waals surface area contributed by atoms with E-state index in [0.717, 1.165) is 22.8 Å². The Morgan fingerprint density at radius 1 is 1.38 bits per heavy atom. The standard InChI is InChI=1S/C13H18ClNO/c1-8-7-10(9(2)15-8)13-11(14)5-4-6-12(13)16-3/h4-6,8-10,15H,7H2,1-3H3. The average Bonchev–Trinajstić information content (AvgIpc) is 2.57. The topological polar surface area (TPSA) is 21.3 Å². The molecule has 1 aliphatic heterocycles. The Bertz CT molecular complexity index is 380. The Labute approximate surface area is 102 Å². The van der Waals surface area contributed by atoms with Crippen molar-refractivity contribution in [2.45, 2.75) is 38.3 Å². The quantitative estimate of drug-likeness (QED) is 0.856. The number of hydrogen-bond acceptors (Lipinski definition) is 2. The summed E-state index contributed by atoms with van der Waals surface area (Å²) in [6.45, 7) is 4.41. The van der Waals surface area contributed by atoms with E-state index in [-0.39, 0.29) is 0 Å².